The van der Waals surface area contributed by atoms with Crippen LogP contribution in [0.3, 0.4) is 0 Å². The monoisotopic (exact) mass is 436 g/mol. The molecule has 0 radical (unpaired) electrons. The van der Waals surface area contributed by atoms with Crippen LogP contribution in [0.5, 0.6) is 0 Å². The van der Waals surface area contributed by atoms with Crippen LogP contribution in [-0.4, -0.2) is 93.5 Å². The number of fused-ring (bicyclic) bond motifs is 2. The second-order valence-corrected chi connectivity index (χ2v) is 7.43. The first-order chi connectivity index (χ1) is 13.6. The number of carbonyl (C=O) groups is 3. The van der Waals surface area contributed by atoms with Crippen LogP contribution < -0.4 is 16.9 Å². The average molecular weight is 436 g/mol. The van der Waals surface area contributed by atoms with E-state index in [0.717, 1.165) is 4.90 Å². The van der Waals surface area contributed by atoms with E-state index in [2.05, 4.69) is 20.5 Å². The number of urea groups is 1. The highest BCUT2D eigenvalue weighted by atomic mass is 32.3. The highest BCUT2D eigenvalue weighted by Crippen LogP contribution is 2.31. The van der Waals surface area contributed by atoms with Gasteiger partial charge in [-0.3, -0.25) is 19.2 Å². The lowest BCUT2D eigenvalue weighted by Gasteiger charge is -2.31. The maximum atomic E-state index is 12.7. The summed E-state index contributed by atoms with van der Waals surface area (Å²) in [6.45, 7) is -0.617. The molecule has 6 N–H and O–H groups in total. The standard InChI is InChI=1S/C12H20N8O8S/c13-19(10(22)6-18-9(3-4-21)14-15-16-18)11(23)8-2-1-7-5-17(8)12(24)20(7)28-29(25,26)27/h7-8,15-16,21H,1-6,13H2,(H,25,26,27). The van der Waals surface area contributed by atoms with Gasteiger partial charge < -0.3 is 10.0 Å². The Labute approximate surface area is 164 Å². The van der Waals surface area contributed by atoms with Gasteiger partial charge >= 0.3 is 16.4 Å². The number of carbonyl (C=O) groups excluding carboxylic acids is 3. The molecule has 3 rings (SSSR count). The SMILES string of the molecule is NN(C(=O)CN1NNN=C1CCO)C(=O)C1CCC2CN1C(=O)N2OS(=O)(=O)O. The van der Waals surface area contributed by atoms with E-state index in [0.29, 0.717) is 15.9 Å². The van der Waals surface area contributed by atoms with Crippen molar-refractivity contribution in [3.8, 4) is 0 Å². The number of hydroxylamine groups is 2. The fourth-order valence-corrected chi connectivity index (χ4v) is 3.67. The van der Waals surface area contributed by atoms with Gasteiger partial charge in [0.05, 0.1) is 12.6 Å². The third-order valence-corrected chi connectivity index (χ3v) is 4.95. The first-order valence-electron chi connectivity index (χ1n) is 8.46. The van der Waals surface area contributed by atoms with Crippen LogP contribution >= 0.6 is 0 Å². The largest absolute Gasteiger partial charge is 0.418 e. The van der Waals surface area contributed by atoms with Crippen LogP contribution in [0.25, 0.3) is 0 Å². The summed E-state index contributed by atoms with van der Waals surface area (Å²) < 4.78 is 34.9. The minimum absolute atomic E-state index is 0.0301. The molecule has 0 aromatic heterocycles. The Morgan fingerprint density at radius 2 is 2.10 bits per heavy atom. The van der Waals surface area contributed by atoms with Crippen molar-refractivity contribution < 1.29 is 36.7 Å². The lowest BCUT2D eigenvalue weighted by atomic mass is 10.00. The number of nitrogens with zero attached hydrogens (tertiary/aromatic N) is 5. The summed E-state index contributed by atoms with van der Waals surface area (Å²) in [4.78, 5) is 38.4. The molecule has 29 heavy (non-hydrogen) atoms. The van der Waals surface area contributed by atoms with Gasteiger partial charge in [0.1, 0.15) is 18.4 Å². The van der Waals surface area contributed by atoms with E-state index in [1.807, 2.05) is 0 Å². The molecule has 16 nitrogen and oxygen atoms in total. The first-order valence-corrected chi connectivity index (χ1v) is 9.83. The number of amidine groups is 1. The number of piperidine rings is 1. The van der Waals surface area contributed by atoms with Gasteiger partial charge in [0.25, 0.3) is 11.8 Å². The van der Waals surface area contributed by atoms with Crippen LogP contribution in [0.1, 0.15) is 19.3 Å². The fraction of sp³-hybridized carbons (Fsp3) is 0.667. The fourth-order valence-electron chi connectivity index (χ4n) is 3.28. The van der Waals surface area contributed by atoms with Gasteiger partial charge in [0, 0.05) is 13.0 Å². The lowest BCUT2D eigenvalue weighted by Crippen LogP contribution is -2.58. The maximum Gasteiger partial charge on any atom is 0.418 e. The number of nitrogens with two attached hydrogens (primary N) is 1. The Morgan fingerprint density at radius 1 is 1.38 bits per heavy atom. The maximum absolute atomic E-state index is 12.7. The molecule has 2 bridgehead atoms. The van der Waals surface area contributed by atoms with E-state index in [4.69, 9.17) is 15.5 Å². The van der Waals surface area contributed by atoms with Gasteiger partial charge in [-0.25, -0.2) is 21.2 Å². The molecular formula is C12H20N8O8S. The number of aliphatic hydroxyl groups is 1. The highest BCUT2D eigenvalue weighted by Gasteiger charge is 2.50. The molecular weight excluding hydrogens is 416 g/mol. The summed E-state index contributed by atoms with van der Waals surface area (Å²) >= 11 is 0. The second kappa shape index (κ2) is 8.05. The molecule has 0 aromatic rings. The van der Waals surface area contributed by atoms with Crippen molar-refractivity contribution in [2.75, 3.05) is 19.7 Å². The molecule has 0 aliphatic carbocycles. The Bertz CT molecular complexity index is 834. The van der Waals surface area contributed by atoms with Crippen LogP contribution in [-0.2, 0) is 24.3 Å². The number of hydrogen-bond donors (Lipinski definition) is 5. The van der Waals surface area contributed by atoms with Crippen molar-refractivity contribution in [3.05, 3.63) is 0 Å². The second-order valence-electron chi connectivity index (χ2n) is 6.42. The van der Waals surface area contributed by atoms with Gasteiger partial charge in [-0.15, -0.1) is 14.9 Å². The summed E-state index contributed by atoms with van der Waals surface area (Å²) in [5, 5.41) is 14.9. The predicted molar refractivity (Wildman–Crippen MR) is 91.5 cm³/mol. The minimum atomic E-state index is -4.91. The number of rotatable bonds is 7. The topological polar surface area (TPSA) is 210 Å². The molecule has 2 fully saturated rings. The molecule has 162 valence electrons. The van der Waals surface area contributed by atoms with Crippen LogP contribution in [0.4, 0.5) is 4.79 Å². The molecule has 4 amide bonds. The molecule has 3 aliphatic heterocycles. The van der Waals surface area contributed by atoms with Crippen molar-refractivity contribution >= 4 is 34.1 Å². The first kappa shape index (κ1) is 21.1. The van der Waals surface area contributed by atoms with Crippen molar-refractivity contribution in [1.82, 2.24) is 31.1 Å². The Balaban J connectivity index is 1.64. The van der Waals surface area contributed by atoms with E-state index < -0.39 is 40.3 Å². The molecule has 3 aliphatic rings. The molecule has 0 saturated carbocycles. The number of hydrazone groups is 1. The quantitative estimate of drug-likeness (QED) is 0.113. The summed E-state index contributed by atoms with van der Waals surface area (Å²) in [7, 11) is -4.91. The Kier molecular flexibility index (Phi) is 5.87. The van der Waals surface area contributed by atoms with Gasteiger partial charge in [0.2, 0.25) is 0 Å². The number of hydrazine groups is 3. The molecule has 2 unspecified atom stereocenters. The Morgan fingerprint density at radius 3 is 2.76 bits per heavy atom. The van der Waals surface area contributed by atoms with Crippen LogP contribution in [0.2, 0.25) is 0 Å². The summed E-state index contributed by atoms with van der Waals surface area (Å²) in [5.41, 5.74) is 4.95. The van der Waals surface area contributed by atoms with Gasteiger partial charge in [-0.05, 0) is 12.8 Å². The smallest absolute Gasteiger partial charge is 0.396 e. The molecule has 2 atom stereocenters. The predicted octanol–water partition coefficient (Wildman–Crippen LogP) is -3.76. The summed E-state index contributed by atoms with van der Waals surface area (Å²) in [6, 6.07) is -2.71. The zero-order valence-electron chi connectivity index (χ0n) is 15.0. The number of imide groups is 1. The van der Waals surface area contributed by atoms with E-state index in [9.17, 15) is 22.8 Å². The Hall–Kier alpha value is -2.57. The highest BCUT2D eigenvalue weighted by molar-refractivity contribution is 7.80. The molecule has 0 aromatic carbocycles. The molecule has 3 heterocycles. The average Bonchev–Trinajstić information content (AvgIpc) is 3.18. The lowest BCUT2D eigenvalue weighted by molar-refractivity contribution is -0.149. The zero-order chi connectivity index (χ0) is 21.3. The third-order valence-electron chi connectivity index (χ3n) is 4.60. The normalized spacial score (nSPS) is 23.9. The van der Waals surface area contributed by atoms with Gasteiger partial charge in [-0.1, -0.05) is 0 Å². The van der Waals surface area contributed by atoms with Crippen molar-refractivity contribution in [2.45, 2.75) is 31.3 Å². The van der Waals surface area contributed by atoms with Gasteiger partial charge in [0.15, 0.2) is 0 Å². The molecule has 2 saturated heterocycles. The summed E-state index contributed by atoms with van der Waals surface area (Å²) in [5.74, 6) is 4.31. The van der Waals surface area contributed by atoms with Crippen molar-refractivity contribution in [1.29, 1.82) is 0 Å². The van der Waals surface area contributed by atoms with Crippen molar-refractivity contribution in [3.63, 3.8) is 0 Å². The summed E-state index contributed by atoms with van der Waals surface area (Å²) in [6.07, 6.45) is 0.463. The number of aliphatic hydroxyl groups excluding tert-OH is 1. The van der Waals surface area contributed by atoms with Crippen molar-refractivity contribution in [2.24, 2.45) is 10.9 Å². The van der Waals surface area contributed by atoms with Crippen LogP contribution in [0, 0.1) is 0 Å². The minimum Gasteiger partial charge on any atom is -0.396 e. The number of hydrogen-bond acceptors (Lipinski definition) is 12. The molecule has 0 spiro atoms. The van der Waals surface area contributed by atoms with Gasteiger partial charge in [-0.2, -0.15) is 13.5 Å². The number of nitrogens with one attached hydrogen (secondary N) is 2. The zero-order valence-corrected chi connectivity index (χ0v) is 15.8. The van der Waals surface area contributed by atoms with E-state index in [1.54, 1.807) is 0 Å². The van der Waals surface area contributed by atoms with Crippen LogP contribution in [0.15, 0.2) is 5.10 Å². The number of amides is 4. The van der Waals surface area contributed by atoms with E-state index in [-0.39, 0.29) is 39.0 Å². The van der Waals surface area contributed by atoms with E-state index in [1.165, 1.54) is 5.01 Å². The molecule has 17 heteroatoms. The third kappa shape index (κ3) is 4.38. The van der Waals surface area contributed by atoms with E-state index >= 15 is 0 Å².